The molecule has 1 fully saturated rings. The second kappa shape index (κ2) is 8.18. The van der Waals surface area contributed by atoms with E-state index in [1.165, 1.54) is 6.20 Å². The Balaban J connectivity index is 1.54. The standard InChI is InChI=1S/C23H21F2N5O2/c24-18-8-13(9-19(25)17(18)12-31)14-7-16(23(32)27-11-14)22-28-20-2-1-15(10-21(20)29-22)30-5-3-26-4-6-30/h1-2,7-11,26,31H,3-6,12H2,(H,27,32)(H,28,29). The van der Waals surface area contributed by atoms with Gasteiger partial charge in [-0.15, -0.1) is 0 Å². The van der Waals surface area contributed by atoms with Gasteiger partial charge in [0.1, 0.15) is 17.5 Å². The molecule has 0 amide bonds. The number of nitrogens with zero attached hydrogens (tertiary/aromatic N) is 2. The van der Waals surface area contributed by atoms with Gasteiger partial charge in [0.05, 0.1) is 23.2 Å². The minimum atomic E-state index is -0.848. The lowest BCUT2D eigenvalue weighted by molar-refractivity contribution is 0.269. The number of halogens is 2. The molecule has 0 aliphatic carbocycles. The predicted octanol–water partition coefficient (Wildman–Crippen LogP) is 2.77. The summed E-state index contributed by atoms with van der Waals surface area (Å²) in [6.45, 7) is 2.94. The van der Waals surface area contributed by atoms with Crippen LogP contribution in [0.5, 0.6) is 0 Å². The zero-order chi connectivity index (χ0) is 22.2. The number of hydrogen-bond donors (Lipinski definition) is 4. The molecular weight excluding hydrogens is 416 g/mol. The molecule has 1 aliphatic heterocycles. The fourth-order valence-corrected chi connectivity index (χ4v) is 3.99. The van der Waals surface area contributed by atoms with Crippen LogP contribution in [0.25, 0.3) is 33.5 Å². The molecule has 0 spiro atoms. The van der Waals surface area contributed by atoms with E-state index in [2.05, 4.69) is 25.2 Å². The maximum absolute atomic E-state index is 14.1. The number of pyridine rings is 1. The highest BCUT2D eigenvalue weighted by Crippen LogP contribution is 2.28. The van der Waals surface area contributed by atoms with E-state index in [4.69, 9.17) is 5.11 Å². The minimum Gasteiger partial charge on any atom is -0.391 e. The van der Waals surface area contributed by atoms with Gasteiger partial charge in [-0.3, -0.25) is 4.79 Å². The van der Waals surface area contributed by atoms with Gasteiger partial charge in [0, 0.05) is 43.6 Å². The monoisotopic (exact) mass is 437 g/mol. The molecule has 0 radical (unpaired) electrons. The first kappa shape index (κ1) is 20.3. The molecule has 0 atom stereocenters. The summed E-state index contributed by atoms with van der Waals surface area (Å²) < 4.78 is 28.3. The number of aliphatic hydroxyl groups is 1. The topological polar surface area (TPSA) is 97.0 Å². The van der Waals surface area contributed by atoms with Crippen molar-refractivity contribution < 1.29 is 13.9 Å². The summed E-state index contributed by atoms with van der Waals surface area (Å²) in [4.78, 5) is 25.1. The average molecular weight is 437 g/mol. The molecule has 4 aromatic rings. The molecule has 4 N–H and O–H groups in total. The Hall–Kier alpha value is -3.56. The Morgan fingerprint density at radius 2 is 1.78 bits per heavy atom. The molecule has 0 saturated carbocycles. The number of rotatable bonds is 4. The molecule has 2 aromatic carbocycles. The van der Waals surface area contributed by atoms with E-state index in [0.29, 0.717) is 16.9 Å². The SMILES string of the molecule is O=c1[nH]cc(-c2cc(F)c(CO)c(F)c2)cc1-c1nc2ccc(N3CCNCC3)cc2[nH]1. The summed E-state index contributed by atoms with van der Waals surface area (Å²) in [7, 11) is 0. The van der Waals surface area contributed by atoms with Gasteiger partial charge in [0.2, 0.25) is 0 Å². The molecule has 3 heterocycles. The van der Waals surface area contributed by atoms with Crippen LogP contribution < -0.4 is 15.8 Å². The van der Waals surface area contributed by atoms with E-state index in [9.17, 15) is 13.6 Å². The van der Waals surface area contributed by atoms with Crippen molar-refractivity contribution in [1.82, 2.24) is 20.3 Å². The van der Waals surface area contributed by atoms with Crippen LogP contribution in [0.1, 0.15) is 5.56 Å². The summed E-state index contributed by atoms with van der Waals surface area (Å²) in [6.07, 6.45) is 1.39. The number of fused-ring (bicyclic) bond motifs is 1. The molecule has 7 nitrogen and oxygen atoms in total. The maximum atomic E-state index is 14.1. The molecule has 2 aromatic heterocycles. The van der Waals surface area contributed by atoms with Crippen LogP contribution in [0.4, 0.5) is 14.5 Å². The Bertz CT molecular complexity index is 1340. The summed E-state index contributed by atoms with van der Waals surface area (Å²) in [5.74, 6) is -1.33. The maximum Gasteiger partial charge on any atom is 0.259 e. The van der Waals surface area contributed by atoms with Gasteiger partial charge in [0.25, 0.3) is 5.56 Å². The normalized spacial score (nSPS) is 14.3. The number of aromatic amines is 2. The van der Waals surface area contributed by atoms with Crippen molar-refractivity contribution in [2.45, 2.75) is 6.61 Å². The van der Waals surface area contributed by atoms with E-state index in [1.54, 1.807) is 6.07 Å². The third-order valence-electron chi connectivity index (χ3n) is 5.74. The Labute approximate surface area is 181 Å². The molecular formula is C23H21F2N5O2. The van der Waals surface area contributed by atoms with Crippen molar-refractivity contribution in [3.05, 3.63) is 70.1 Å². The van der Waals surface area contributed by atoms with Crippen LogP contribution in [-0.4, -0.2) is 46.2 Å². The fourth-order valence-electron chi connectivity index (χ4n) is 3.99. The third-order valence-corrected chi connectivity index (χ3v) is 5.74. The highest BCUT2D eigenvalue weighted by Gasteiger charge is 2.16. The van der Waals surface area contributed by atoms with Crippen LogP contribution in [0, 0.1) is 11.6 Å². The number of anilines is 1. The van der Waals surface area contributed by atoms with Gasteiger partial charge >= 0.3 is 0 Å². The summed E-state index contributed by atoms with van der Waals surface area (Å²) >= 11 is 0. The molecule has 0 bridgehead atoms. The molecule has 9 heteroatoms. The zero-order valence-electron chi connectivity index (χ0n) is 17.1. The number of nitrogens with one attached hydrogen (secondary N) is 3. The number of hydrogen-bond acceptors (Lipinski definition) is 5. The largest absolute Gasteiger partial charge is 0.391 e. The Morgan fingerprint density at radius 3 is 2.50 bits per heavy atom. The summed E-state index contributed by atoms with van der Waals surface area (Å²) in [5.41, 5.74) is 2.74. The molecule has 164 valence electrons. The van der Waals surface area contributed by atoms with E-state index in [-0.39, 0.29) is 16.7 Å². The second-order valence-electron chi connectivity index (χ2n) is 7.73. The zero-order valence-corrected chi connectivity index (χ0v) is 17.1. The summed E-state index contributed by atoms with van der Waals surface area (Å²) in [5, 5.41) is 12.4. The lowest BCUT2D eigenvalue weighted by Gasteiger charge is -2.29. The first-order chi connectivity index (χ1) is 15.5. The number of imidazole rings is 1. The lowest BCUT2D eigenvalue weighted by atomic mass is 10.0. The number of aliphatic hydroxyl groups excluding tert-OH is 1. The summed E-state index contributed by atoms with van der Waals surface area (Å²) in [6, 6.07) is 9.72. The lowest BCUT2D eigenvalue weighted by Crippen LogP contribution is -2.43. The first-order valence-electron chi connectivity index (χ1n) is 10.3. The van der Waals surface area contributed by atoms with Crippen LogP contribution in [0.15, 0.2) is 47.4 Å². The first-order valence-corrected chi connectivity index (χ1v) is 10.3. The molecule has 1 saturated heterocycles. The van der Waals surface area contributed by atoms with Crippen molar-refractivity contribution in [2.75, 3.05) is 31.1 Å². The second-order valence-corrected chi connectivity index (χ2v) is 7.73. The molecule has 5 rings (SSSR count). The van der Waals surface area contributed by atoms with Crippen molar-refractivity contribution >= 4 is 16.7 Å². The molecule has 1 aliphatic rings. The van der Waals surface area contributed by atoms with Gasteiger partial charge in [-0.2, -0.15) is 0 Å². The van der Waals surface area contributed by atoms with Crippen LogP contribution in [-0.2, 0) is 6.61 Å². The van der Waals surface area contributed by atoms with E-state index in [1.807, 2.05) is 18.2 Å². The van der Waals surface area contributed by atoms with Gasteiger partial charge in [-0.1, -0.05) is 0 Å². The number of piperazine rings is 1. The van der Waals surface area contributed by atoms with Gasteiger partial charge < -0.3 is 25.3 Å². The average Bonchev–Trinajstić information content (AvgIpc) is 3.23. The molecule has 0 unspecified atom stereocenters. The van der Waals surface area contributed by atoms with Gasteiger partial charge in [0.15, 0.2) is 0 Å². The van der Waals surface area contributed by atoms with E-state index < -0.39 is 23.8 Å². The number of aromatic nitrogens is 3. The Kier molecular flexibility index (Phi) is 5.20. The van der Waals surface area contributed by atoms with Crippen molar-refractivity contribution in [2.24, 2.45) is 0 Å². The highest BCUT2D eigenvalue weighted by molar-refractivity contribution is 5.83. The van der Waals surface area contributed by atoms with Crippen LogP contribution in [0.2, 0.25) is 0 Å². The van der Waals surface area contributed by atoms with Gasteiger partial charge in [-0.05, 0) is 47.5 Å². The quantitative estimate of drug-likeness (QED) is 0.394. The smallest absolute Gasteiger partial charge is 0.259 e. The van der Waals surface area contributed by atoms with E-state index >= 15 is 0 Å². The fraction of sp³-hybridized carbons (Fsp3) is 0.217. The highest BCUT2D eigenvalue weighted by atomic mass is 19.1. The minimum absolute atomic E-state index is 0.242. The predicted molar refractivity (Wildman–Crippen MR) is 119 cm³/mol. The van der Waals surface area contributed by atoms with Crippen molar-refractivity contribution in [1.29, 1.82) is 0 Å². The molecule has 32 heavy (non-hydrogen) atoms. The Morgan fingerprint density at radius 1 is 1.03 bits per heavy atom. The van der Waals surface area contributed by atoms with E-state index in [0.717, 1.165) is 49.5 Å². The van der Waals surface area contributed by atoms with Crippen molar-refractivity contribution in [3.63, 3.8) is 0 Å². The number of H-pyrrole nitrogens is 2. The van der Waals surface area contributed by atoms with Crippen LogP contribution >= 0.6 is 0 Å². The number of benzene rings is 2. The third kappa shape index (κ3) is 3.65. The van der Waals surface area contributed by atoms with Crippen LogP contribution in [0.3, 0.4) is 0 Å². The van der Waals surface area contributed by atoms with Crippen molar-refractivity contribution in [3.8, 4) is 22.5 Å². The van der Waals surface area contributed by atoms with Gasteiger partial charge in [-0.25, -0.2) is 13.8 Å².